The van der Waals surface area contributed by atoms with Crippen molar-refractivity contribution in [1.29, 1.82) is 0 Å². The van der Waals surface area contributed by atoms with Crippen molar-refractivity contribution in [2.75, 3.05) is 12.8 Å². The zero-order valence-electron chi connectivity index (χ0n) is 6.10. The molecule has 0 saturated heterocycles. The van der Waals surface area contributed by atoms with Gasteiger partial charge in [-0.3, -0.25) is 4.79 Å². The minimum atomic E-state index is 0.0518. The highest BCUT2D eigenvalue weighted by molar-refractivity contribution is 7.99. The van der Waals surface area contributed by atoms with E-state index < -0.39 is 0 Å². The number of amides is 1. The van der Waals surface area contributed by atoms with Gasteiger partial charge in [-0.05, 0) is 6.26 Å². The topological polar surface area (TPSA) is 29.1 Å². The molecule has 0 spiro atoms. The summed E-state index contributed by atoms with van der Waals surface area (Å²) in [4.78, 5) is 10.3. The van der Waals surface area contributed by atoms with Crippen LogP contribution in [0.5, 0.6) is 0 Å². The van der Waals surface area contributed by atoms with Gasteiger partial charge < -0.3 is 5.32 Å². The summed E-state index contributed by atoms with van der Waals surface area (Å²) in [5.74, 6) is 0.0518. The molecule has 0 fully saturated rings. The highest BCUT2D eigenvalue weighted by atomic mass is 32.2. The predicted molar refractivity (Wildman–Crippen MR) is 41.7 cm³/mol. The molecule has 0 saturated carbocycles. The van der Waals surface area contributed by atoms with Crippen molar-refractivity contribution in [2.24, 2.45) is 0 Å². The molecule has 3 heteroatoms. The Labute approximate surface area is 60.4 Å². The summed E-state index contributed by atoms with van der Waals surface area (Å²) in [5, 5.41) is 3.26. The van der Waals surface area contributed by atoms with Gasteiger partial charge in [0.2, 0.25) is 5.91 Å². The van der Waals surface area contributed by atoms with Crippen molar-refractivity contribution in [3.8, 4) is 0 Å². The first-order chi connectivity index (χ1) is 4.16. The summed E-state index contributed by atoms with van der Waals surface area (Å²) in [5.41, 5.74) is 0. The van der Waals surface area contributed by atoms with E-state index in [0.29, 0.717) is 5.25 Å². The van der Waals surface area contributed by atoms with Gasteiger partial charge >= 0.3 is 0 Å². The first kappa shape index (κ1) is 8.82. The summed E-state index contributed by atoms with van der Waals surface area (Å²) < 4.78 is 0. The Morgan fingerprint density at radius 3 is 2.67 bits per heavy atom. The van der Waals surface area contributed by atoms with Gasteiger partial charge in [-0.2, -0.15) is 11.8 Å². The number of hydrogen-bond acceptors (Lipinski definition) is 2. The third-order valence-corrected chi connectivity index (χ3v) is 2.01. The van der Waals surface area contributed by atoms with Crippen molar-refractivity contribution >= 4 is 17.7 Å². The van der Waals surface area contributed by atoms with Gasteiger partial charge in [-0.1, -0.05) is 6.92 Å². The summed E-state index contributed by atoms with van der Waals surface area (Å²) in [6.07, 6.45) is 2.03. The number of nitrogens with one attached hydrogen (secondary N) is 1. The maximum absolute atomic E-state index is 10.3. The fraction of sp³-hybridized carbons (Fsp3) is 0.833. The Morgan fingerprint density at radius 1 is 1.78 bits per heavy atom. The molecular formula is C6H13NOS. The van der Waals surface area contributed by atoms with Crippen molar-refractivity contribution in [3.63, 3.8) is 0 Å². The Kier molecular flexibility index (Phi) is 4.58. The molecule has 0 radical (unpaired) electrons. The van der Waals surface area contributed by atoms with Crippen LogP contribution in [0.1, 0.15) is 13.8 Å². The second-order valence-electron chi connectivity index (χ2n) is 1.98. The van der Waals surface area contributed by atoms with E-state index in [1.807, 2.05) is 6.26 Å². The first-order valence-corrected chi connectivity index (χ1v) is 4.23. The fourth-order valence-corrected chi connectivity index (χ4v) is 0.621. The molecule has 1 atom stereocenters. The number of rotatable bonds is 3. The SMILES string of the molecule is CSC(C)CNC(C)=O. The van der Waals surface area contributed by atoms with Crippen LogP contribution in [-0.4, -0.2) is 24.0 Å². The zero-order valence-corrected chi connectivity index (χ0v) is 6.92. The van der Waals surface area contributed by atoms with Gasteiger partial charge in [-0.15, -0.1) is 0 Å². The Bertz CT molecular complexity index is 95.1. The minimum absolute atomic E-state index is 0.0518. The van der Waals surface area contributed by atoms with E-state index in [-0.39, 0.29) is 5.91 Å². The lowest BCUT2D eigenvalue weighted by molar-refractivity contribution is -0.118. The quantitative estimate of drug-likeness (QED) is 0.642. The van der Waals surface area contributed by atoms with Crippen LogP contribution >= 0.6 is 11.8 Å². The largest absolute Gasteiger partial charge is 0.355 e. The maximum Gasteiger partial charge on any atom is 0.216 e. The molecule has 9 heavy (non-hydrogen) atoms. The van der Waals surface area contributed by atoms with Gasteiger partial charge in [0, 0.05) is 18.7 Å². The minimum Gasteiger partial charge on any atom is -0.355 e. The number of carbonyl (C=O) groups excluding carboxylic acids is 1. The van der Waals surface area contributed by atoms with Crippen LogP contribution in [0.3, 0.4) is 0 Å². The third-order valence-electron chi connectivity index (χ3n) is 1.04. The molecule has 0 aromatic rings. The normalized spacial score (nSPS) is 12.8. The Morgan fingerprint density at radius 2 is 2.33 bits per heavy atom. The van der Waals surface area contributed by atoms with E-state index in [2.05, 4.69) is 12.2 Å². The van der Waals surface area contributed by atoms with Crippen molar-refractivity contribution in [2.45, 2.75) is 19.1 Å². The predicted octanol–water partition coefficient (Wildman–Crippen LogP) is 0.874. The lowest BCUT2D eigenvalue weighted by Gasteiger charge is -2.06. The summed E-state index contributed by atoms with van der Waals surface area (Å²) in [6.45, 7) is 4.39. The van der Waals surface area contributed by atoms with Crippen molar-refractivity contribution in [3.05, 3.63) is 0 Å². The van der Waals surface area contributed by atoms with Crippen LogP contribution in [-0.2, 0) is 4.79 Å². The summed E-state index contributed by atoms with van der Waals surface area (Å²) in [7, 11) is 0. The lowest BCUT2D eigenvalue weighted by Crippen LogP contribution is -2.26. The molecule has 0 rings (SSSR count). The number of carbonyl (C=O) groups is 1. The van der Waals surface area contributed by atoms with Gasteiger partial charge in [0.1, 0.15) is 0 Å². The molecule has 1 N–H and O–H groups in total. The fourth-order valence-electron chi connectivity index (χ4n) is 0.371. The molecule has 0 aliphatic carbocycles. The molecule has 1 amide bonds. The van der Waals surface area contributed by atoms with E-state index >= 15 is 0 Å². The molecule has 1 unspecified atom stereocenters. The summed E-state index contributed by atoms with van der Waals surface area (Å²) in [6, 6.07) is 0. The first-order valence-electron chi connectivity index (χ1n) is 2.94. The van der Waals surface area contributed by atoms with E-state index in [9.17, 15) is 4.79 Å². The van der Waals surface area contributed by atoms with Gasteiger partial charge in [0.25, 0.3) is 0 Å². The van der Waals surface area contributed by atoms with Crippen LogP contribution in [0.15, 0.2) is 0 Å². The third kappa shape index (κ3) is 5.69. The molecule has 54 valence electrons. The number of hydrogen-bond donors (Lipinski definition) is 1. The average Bonchev–Trinajstić information content (AvgIpc) is 1.83. The lowest BCUT2D eigenvalue weighted by atomic mass is 10.4. The van der Waals surface area contributed by atoms with Crippen LogP contribution < -0.4 is 5.32 Å². The van der Waals surface area contributed by atoms with Gasteiger partial charge in [0.05, 0.1) is 0 Å². The standard InChI is InChI=1S/C6H13NOS/c1-5(9-3)4-7-6(2)8/h5H,4H2,1-3H3,(H,7,8). The van der Waals surface area contributed by atoms with Crippen molar-refractivity contribution in [1.82, 2.24) is 5.32 Å². The number of thioether (sulfide) groups is 1. The van der Waals surface area contributed by atoms with E-state index in [1.54, 1.807) is 11.8 Å². The van der Waals surface area contributed by atoms with Crippen LogP contribution in [0, 0.1) is 0 Å². The summed E-state index contributed by atoms with van der Waals surface area (Å²) >= 11 is 1.75. The molecule has 0 aromatic heterocycles. The average molecular weight is 147 g/mol. The second kappa shape index (κ2) is 4.68. The van der Waals surface area contributed by atoms with E-state index in [1.165, 1.54) is 6.92 Å². The smallest absolute Gasteiger partial charge is 0.216 e. The van der Waals surface area contributed by atoms with Crippen LogP contribution in [0.25, 0.3) is 0 Å². The second-order valence-corrected chi connectivity index (χ2v) is 3.26. The Hall–Kier alpha value is -0.180. The highest BCUT2D eigenvalue weighted by Crippen LogP contribution is 2.01. The molecule has 2 nitrogen and oxygen atoms in total. The monoisotopic (exact) mass is 147 g/mol. The van der Waals surface area contributed by atoms with Crippen LogP contribution in [0.4, 0.5) is 0 Å². The molecular weight excluding hydrogens is 134 g/mol. The van der Waals surface area contributed by atoms with Gasteiger partial charge in [0.15, 0.2) is 0 Å². The molecule has 0 heterocycles. The van der Waals surface area contributed by atoms with E-state index in [4.69, 9.17) is 0 Å². The Balaban J connectivity index is 3.16. The highest BCUT2D eigenvalue weighted by Gasteiger charge is 1.97. The molecule has 0 bridgehead atoms. The molecule has 0 aliphatic rings. The van der Waals surface area contributed by atoms with Gasteiger partial charge in [-0.25, -0.2) is 0 Å². The van der Waals surface area contributed by atoms with E-state index in [0.717, 1.165) is 6.54 Å². The maximum atomic E-state index is 10.3. The van der Waals surface area contributed by atoms with Crippen LogP contribution in [0.2, 0.25) is 0 Å². The zero-order chi connectivity index (χ0) is 7.28. The van der Waals surface area contributed by atoms with Crippen molar-refractivity contribution < 1.29 is 4.79 Å². The molecule has 0 aliphatic heterocycles. The molecule has 0 aromatic carbocycles.